The Morgan fingerprint density at radius 1 is 0.459 bits per heavy atom. The van der Waals surface area contributed by atoms with Crippen molar-refractivity contribution in [1.29, 1.82) is 0 Å². The fourth-order valence-corrected chi connectivity index (χ4v) is 15.4. The summed E-state index contributed by atoms with van der Waals surface area (Å²) in [5.74, 6) is -2.70. The van der Waals surface area contributed by atoms with Gasteiger partial charge in [0.15, 0.2) is 5.41 Å². The third kappa shape index (κ3) is 5.94. The number of hydrogen-bond acceptors (Lipinski definition) is 6. The van der Waals surface area contributed by atoms with Gasteiger partial charge in [-0.1, -0.05) is 0 Å². The summed E-state index contributed by atoms with van der Waals surface area (Å²) in [6, 6.07) is 0. The van der Waals surface area contributed by atoms with E-state index >= 15 is 0 Å². The summed E-state index contributed by atoms with van der Waals surface area (Å²) in [5.41, 5.74) is 7.50. The van der Waals surface area contributed by atoms with Crippen molar-refractivity contribution in [2.45, 2.75) is 5.41 Å². The van der Waals surface area contributed by atoms with Crippen molar-refractivity contribution in [2.24, 2.45) is 11.5 Å². The first-order valence-corrected chi connectivity index (χ1v) is 16.7. The number of primary amides is 2. The van der Waals surface area contributed by atoms with E-state index in [1.807, 2.05) is 0 Å². The number of nitrogens with two attached hydrogens (primary N) is 2. The average molecular weight is 1260 g/mol. The first kappa shape index (κ1) is 34.8. The van der Waals surface area contributed by atoms with Crippen LogP contribution >= 0.6 is 182 Å². The number of carbonyl (C=O) groups is 6. The summed E-state index contributed by atoms with van der Waals surface area (Å²) in [5, 5.41) is -4.13. The van der Waals surface area contributed by atoms with E-state index in [9.17, 15) is 28.8 Å². The highest BCUT2D eigenvalue weighted by Crippen LogP contribution is 2.48. The molecule has 0 saturated heterocycles. The minimum atomic E-state index is -2.67. The van der Waals surface area contributed by atoms with Crippen LogP contribution in [0.3, 0.4) is 0 Å². The molecule has 0 aliphatic rings. The molecular formula is C19H4Cl4I6N2O6. The summed E-state index contributed by atoms with van der Waals surface area (Å²) < 4.78 is -0.0836. The largest absolute Gasteiger partial charge is 0.368 e. The lowest BCUT2D eigenvalue weighted by Gasteiger charge is -2.34. The van der Waals surface area contributed by atoms with Crippen LogP contribution in [0, 0.1) is 21.4 Å². The predicted molar refractivity (Wildman–Crippen MR) is 189 cm³/mol. The van der Waals surface area contributed by atoms with Crippen LogP contribution in [-0.4, -0.2) is 32.8 Å². The summed E-state index contributed by atoms with van der Waals surface area (Å²) in [7, 11) is 0. The maximum atomic E-state index is 13.4. The first-order chi connectivity index (χ1) is 16.9. The first-order valence-electron chi connectivity index (χ1n) is 8.69. The highest BCUT2D eigenvalue weighted by molar-refractivity contribution is 14.1. The van der Waals surface area contributed by atoms with Gasteiger partial charge < -0.3 is 11.5 Å². The number of carbonyl (C=O) groups excluding carboxylic acids is 6. The van der Waals surface area contributed by atoms with Gasteiger partial charge in [0.1, 0.15) is 0 Å². The molecule has 0 aliphatic heterocycles. The molecule has 196 valence electrons. The fraction of sp³-hybridized carbons (Fsp3) is 0.0526. The van der Waals surface area contributed by atoms with Crippen molar-refractivity contribution in [2.75, 3.05) is 0 Å². The van der Waals surface area contributed by atoms with Crippen LogP contribution in [0.2, 0.25) is 0 Å². The van der Waals surface area contributed by atoms with Crippen LogP contribution in [0.4, 0.5) is 0 Å². The van der Waals surface area contributed by atoms with Gasteiger partial charge in [0.25, 0.3) is 21.0 Å². The molecule has 0 aliphatic carbocycles. The quantitative estimate of drug-likeness (QED) is 0.186. The normalized spacial score (nSPS) is 11.3. The van der Waals surface area contributed by atoms with Crippen molar-refractivity contribution in [3.05, 3.63) is 54.8 Å². The Morgan fingerprint density at radius 2 is 0.649 bits per heavy atom. The molecule has 0 unspecified atom stereocenters. The van der Waals surface area contributed by atoms with Crippen molar-refractivity contribution in [3.8, 4) is 0 Å². The molecule has 0 spiro atoms. The molecule has 0 heterocycles. The molecule has 2 rings (SSSR count). The molecule has 0 radical (unpaired) electrons. The zero-order valence-electron chi connectivity index (χ0n) is 16.9. The number of benzene rings is 2. The summed E-state index contributed by atoms with van der Waals surface area (Å²) >= 11 is 33.3. The molecule has 2 aromatic rings. The number of halogens is 10. The SMILES string of the molecule is NC(=O)C(C(N)=O)(c1c(I)c(C(=O)Cl)c(I)c(C(=O)Cl)c1I)c1c(I)c(C(=O)Cl)c(I)c(C(=O)Cl)c1I. The van der Waals surface area contributed by atoms with E-state index in [2.05, 4.69) is 0 Å². The molecule has 0 fully saturated rings. The third-order valence-corrected chi connectivity index (χ3v) is 12.1. The van der Waals surface area contributed by atoms with Gasteiger partial charge in [-0.25, -0.2) is 0 Å². The van der Waals surface area contributed by atoms with Gasteiger partial charge >= 0.3 is 0 Å². The van der Waals surface area contributed by atoms with E-state index in [0.29, 0.717) is 0 Å². The monoisotopic (exact) mass is 1260 g/mol. The van der Waals surface area contributed by atoms with E-state index in [4.69, 9.17) is 57.9 Å². The fourth-order valence-electron chi connectivity index (χ4n) is 3.42. The molecule has 0 bridgehead atoms. The van der Waals surface area contributed by atoms with Crippen LogP contribution in [0.15, 0.2) is 0 Å². The molecule has 4 N–H and O–H groups in total. The molecule has 2 amide bonds. The minimum Gasteiger partial charge on any atom is -0.368 e. The Morgan fingerprint density at radius 3 is 0.784 bits per heavy atom. The van der Waals surface area contributed by atoms with Gasteiger partial charge in [0.2, 0.25) is 11.8 Å². The third-order valence-electron chi connectivity index (χ3n) is 4.91. The predicted octanol–water partition coefficient (Wildman–Crippen LogP) is 6.09. The van der Waals surface area contributed by atoms with Gasteiger partial charge in [-0.05, 0) is 182 Å². The van der Waals surface area contributed by atoms with Crippen molar-refractivity contribution < 1.29 is 28.8 Å². The maximum absolute atomic E-state index is 13.4. The molecule has 8 nitrogen and oxygen atoms in total. The zero-order valence-corrected chi connectivity index (χ0v) is 32.9. The molecule has 2 aromatic carbocycles. The second kappa shape index (κ2) is 13.3. The Kier molecular flexibility index (Phi) is 12.5. The number of amides is 2. The van der Waals surface area contributed by atoms with Gasteiger partial charge in [-0.15, -0.1) is 0 Å². The highest BCUT2D eigenvalue weighted by Gasteiger charge is 2.54. The van der Waals surface area contributed by atoms with Gasteiger partial charge in [-0.2, -0.15) is 0 Å². The lowest BCUT2D eigenvalue weighted by molar-refractivity contribution is -0.132. The topological polar surface area (TPSA) is 154 Å². The zero-order chi connectivity index (χ0) is 28.9. The lowest BCUT2D eigenvalue weighted by atomic mass is 9.71. The lowest BCUT2D eigenvalue weighted by Crippen LogP contribution is -2.55. The summed E-state index contributed by atoms with van der Waals surface area (Å²) in [4.78, 5) is 76.5. The van der Waals surface area contributed by atoms with Crippen molar-refractivity contribution in [3.63, 3.8) is 0 Å². The Labute approximate surface area is 309 Å². The van der Waals surface area contributed by atoms with Crippen LogP contribution < -0.4 is 11.5 Å². The van der Waals surface area contributed by atoms with E-state index in [0.717, 1.165) is 0 Å². The number of hydrogen-bond donors (Lipinski definition) is 2. The average Bonchev–Trinajstić information content (AvgIpc) is 2.70. The Bertz CT molecular complexity index is 1290. The minimum absolute atomic E-state index is 0.0479. The second-order valence-corrected chi connectivity index (χ2v) is 14.6. The van der Waals surface area contributed by atoms with Gasteiger partial charge in [0.05, 0.1) is 22.3 Å². The summed E-state index contributed by atoms with van der Waals surface area (Å²) in [6.45, 7) is 0. The summed E-state index contributed by atoms with van der Waals surface area (Å²) in [6.07, 6.45) is 0. The highest BCUT2D eigenvalue weighted by atomic mass is 127. The van der Waals surface area contributed by atoms with E-state index in [1.165, 1.54) is 0 Å². The van der Waals surface area contributed by atoms with Crippen LogP contribution in [0.25, 0.3) is 0 Å². The second-order valence-electron chi connectivity index (χ2n) is 6.71. The van der Waals surface area contributed by atoms with E-state index in [1.54, 1.807) is 136 Å². The Hall–Kier alpha value is 1.60. The maximum Gasteiger partial charge on any atom is 0.254 e. The van der Waals surface area contributed by atoms with Crippen LogP contribution in [-0.2, 0) is 15.0 Å². The molecule has 0 aromatic heterocycles. The van der Waals surface area contributed by atoms with Crippen LogP contribution in [0.5, 0.6) is 0 Å². The standard InChI is InChI=1S/C19H4Cl4I6N2O6/c20-13(32)1-7(24)2(14(21)33)10(27)5(9(1)26)19(17(30)36,18(31)37)6-11(28)3(15(22)34)8(25)4(12(6)29)16(23)35/h(H2,30,36)(H2,31,37). The van der Waals surface area contributed by atoms with Gasteiger partial charge in [-0.3, -0.25) is 28.8 Å². The molecule has 37 heavy (non-hydrogen) atoms. The molecule has 18 heteroatoms. The van der Waals surface area contributed by atoms with E-state index < -0.39 is 38.2 Å². The molecular weight excluding hydrogens is 1260 g/mol. The Balaban J connectivity index is 3.54. The number of rotatable bonds is 8. The van der Waals surface area contributed by atoms with Gasteiger partial charge in [0, 0.05) is 32.5 Å². The van der Waals surface area contributed by atoms with Crippen LogP contribution in [0.1, 0.15) is 52.6 Å². The smallest absolute Gasteiger partial charge is 0.254 e. The van der Waals surface area contributed by atoms with Crippen molar-refractivity contribution in [1.82, 2.24) is 0 Å². The molecule has 0 saturated carbocycles. The molecule has 0 atom stereocenters. The van der Waals surface area contributed by atoms with Crippen molar-refractivity contribution >= 4 is 215 Å². The van der Waals surface area contributed by atoms with E-state index in [-0.39, 0.29) is 54.8 Å².